The number of halogens is 1. The van der Waals surface area contributed by atoms with Crippen LogP contribution in [0.3, 0.4) is 0 Å². The standard InChI is InChI=1S/C11H17FN2/c1-8-4-5-9(10(12)7-8)11(14)3-2-6-13/h4-5,7,11H,2-3,6,13-14H2,1H3/t11-/m0/s1. The van der Waals surface area contributed by atoms with Gasteiger partial charge >= 0.3 is 0 Å². The molecule has 0 unspecified atom stereocenters. The van der Waals surface area contributed by atoms with Crippen LogP contribution in [-0.2, 0) is 0 Å². The molecule has 78 valence electrons. The first-order valence-corrected chi connectivity index (χ1v) is 4.87. The Morgan fingerprint density at radius 3 is 2.71 bits per heavy atom. The van der Waals surface area contributed by atoms with Crippen LogP contribution in [0.1, 0.15) is 30.0 Å². The predicted octanol–water partition coefficient (Wildman–Crippen LogP) is 1.87. The summed E-state index contributed by atoms with van der Waals surface area (Å²) in [5.41, 5.74) is 12.7. The number of rotatable bonds is 4. The minimum atomic E-state index is -0.237. The van der Waals surface area contributed by atoms with Crippen molar-refractivity contribution in [2.45, 2.75) is 25.8 Å². The summed E-state index contributed by atoms with van der Waals surface area (Å²) in [6, 6.07) is 4.91. The number of hydrogen-bond acceptors (Lipinski definition) is 2. The Hall–Kier alpha value is -0.930. The van der Waals surface area contributed by atoms with Crippen LogP contribution in [-0.4, -0.2) is 6.54 Å². The maximum Gasteiger partial charge on any atom is 0.128 e. The van der Waals surface area contributed by atoms with Crippen molar-refractivity contribution in [1.82, 2.24) is 0 Å². The molecule has 2 nitrogen and oxygen atoms in total. The van der Waals surface area contributed by atoms with Crippen molar-refractivity contribution in [3.05, 3.63) is 35.1 Å². The molecule has 0 saturated heterocycles. The van der Waals surface area contributed by atoms with E-state index in [-0.39, 0.29) is 11.9 Å². The molecule has 1 aromatic carbocycles. The Balaban J connectivity index is 2.74. The largest absolute Gasteiger partial charge is 0.330 e. The average molecular weight is 196 g/mol. The molecular weight excluding hydrogens is 179 g/mol. The first kappa shape index (κ1) is 11.1. The molecule has 4 N–H and O–H groups in total. The summed E-state index contributed by atoms with van der Waals surface area (Å²) in [7, 11) is 0. The van der Waals surface area contributed by atoms with Gasteiger partial charge in [0.1, 0.15) is 5.82 Å². The second-order valence-corrected chi connectivity index (χ2v) is 3.56. The highest BCUT2D eigenvalue weighted by Crippen LogP contribution is 2.19. The van der Waals surface area contributed by atoms with Gasteiger partial charge in [0.05, 0.1) is 0 Å². The molecule has 0 aliphatic heterocycles. The van der Waals surface area contributed by atoms with Crippen LogP contribution in [0, 0.1) is 12.7 Å². The van der Waals surface area contributed by atoms with Gasteiger partial charge in [-0.15, -0.1) is 0 Å². The molecule has 0 fully saturated rings. The third-order valence-corrected chi connectivity index (χ3v) is 2.27. The molecular formula is C11H17FN2. The SMILES string of the molecule is Cc1ccc([C@@H](N)CCCN)c(F)c1. The van der Waals surface area contributed by atoms with Crippen LogP contribution in [0.2, 0.25) is 0 Å². The van der Waals surface area contributed by atoms with E-state index in [0.717, 1.165) is 18.4 Å². The van der Waals surface area contributed by atoms with Crippen molar-refractivity contribution in [2.75, 3.05) is 6.54 Å². The first-order chi connectivity index (χ1) is 6.65. The second kappa shape index (κ2) is 5.08. The average Bonchev–Trinajstić information content (AvgIpc) is 2.14. The van der Waals surface area contributed by atoms with Crippen molar-refractivity contribution in [1.29, 1.82) is 0 Å². The Morgan fingerprint density at radius 1 is 1.43 bits per heavy atom. The monoisotopic (exact) mass is 196 g/mol. The molecule has 0 amide bonds. The Bertz CT molecular complexity index is 299. The van der Waals surface area contributed by atoms with E-state index in [9.17, 15) is 4.39 Å². The lowest BCUT2D eigenvalue weighted by atomic mass is 10.0. The summed E-state index contributed by atoms with van der Waals surface area (Å²) in [6.45, 7) is 2.46. The highest BCUT2D eigenvalue weighted by atomic mass is 19.1. The zero-order valence-electron chi connectivity index (χ0n) is 8.46. The Labute approximate surface area is 84.1 Å². The third kappa shape index (κ3) is 2.79. The number of nitrogens with two attached hydrogens (primary N) is 2. The number of aryl methyl sites for hydroxylation is 1. The lowest BCUT2D eigenvalue weighted by Gasteiger charge is -2.12. The maximum absolute atomic E-state index is 13.4. The van der Waals surface area contributed by atoms with Crippen LogP contribution in [0.4, 0.5) is 4.39 Å². The lowest BCUT2D eigenvalue weighted by molar-refractivity contribution is 0.552. The molecule has 0 heterocycles. The van der Waals surface area contributed by atoms with Crippen molar-refractivity contribution >= 4 is 0 Å². The smallest absolute Gasteiger partial charge is 0.128 e. The van der Waals surface area contributed by atoms with Crippen molar-refractivity contribution in [3.8, 4) is 0 Å². The molecule has 1 atom stereocenters. The Morgan fingerprint density at radius 2 is 2.14 bits per heavy atom. The zero-order chi connectivity index (χ0) is 10.6. The molecule has 0 aliphatic rings. The second-order valence-electron chi connectivity index (χ2n) is 3.56. The van der Waals surface area contributed by atoms with Gasteiger partial charge in [-0.1, -0.05) is 12.1 Å². The van der Waals surface area contributed by atoms with Crippen LogP contribution < -0.4 is 11.5 Å². The van der Waals surface area contributed by atoms with Gasteiger partial charge in [0.2, 0.25) is 0 Å². The van der Waals surface area contributed by atoms with Gasteiger partial charge < -0.3 is 11.5 Å². The molecule has 0 spiro atoms. The molecule has 3 heteroatoms. The van der Waals surface area contributed by atoms with Crippen molar-refractivity contribution in [2.24, 2.45) is 11.5 Å². The van der Waals surface area contributed by atoms with Crippen LogP contribution in [0.25, 0.3) is 0 Å². The van der Waals surface area contributed by atoms with E-state index in [4.69, 9.17) is 11.5 Å². The minimum absolute atomic E-state index is 0.213. The third-order valence-electron chi connectivity index (χ3n) is 2.27. The molecule has 1 rings (SSSR count). The van der Waals surface area contributed by atoms with Gasteiger partial charge in [-0.05, 0) is 37.9 Å². The summed E-state index contributed by atoms with van der Waals surface area (Å²) in [5.74, 6) is -0.213. The van der Waals surface area contributed by atoms with E-state index in [1.807, 2.05) is 13.0 Å². The lowest BCUT2D eigenvalue weighted by Crippen LogP contribution is -2.14. The minimum Gasteiger partial charge on any atom is -0.330 e. The van der Waals surface area contributed by atoms with Gasteiger partial charge in [-0.2, -0.15) is 0 Å². The summed E-state index contributed by atoms with van der Waals surface area (Å²) in [6.07, 6.45) is 1.56. The van der Waals surface area contributed by atoms with E-state index < -0.39 is 0 Å². The first-order valence-electron chi connectivity index (χ1n) is 4.87. The van der Waals surface area contributed by atoms with E-state index in [0.29, 0.717) is 12.1 Å². The van der Waals surface area contributed by atoms with Crippen molar-refractivity contribution in [3.63, 3.8) is 0 Å². The normalized spacial score (nSPS) is 12.9. The fourth-order valence-electron chi connectivity index (χ4n) is 1.43. The van der Waals surface area contributed by atoms with Crippen LogP contribution in [0.5, 0.6) is 0 Å². The Kier molecular flexibility index (Phi) is 4.04. The van der Waals surface area contributed by atoms with Gasteiger partial charge in [-0.3, -0.25) is 0 Å². The van der Waals surface area contributed by atoms with Crippen molar-refractivity contribution < 1.29 is 4.39 Å². The highest BCUT2D eigenvalue weighted by molar-refractivity contribution is 5.25. The quantitative estimate of drug-likeness (QED) is 0.772. The van der Waals surface area contributed by atoms with E-state index in [2.05, 4.69) is 0 Å². The van der Waals surface area contributed by atoms with Gasteiger partial charge in [0.15, 0.2) is 0 Å². The summed E-state index contributed by atoms with van der Waals surface area (Å²) in [4.78, 5) is 0. The van der Waals surface area contributed by atoms with Crippen LogP contribution >= 0.6 is 0 Å². The van der Waals surface area contributed by atoms with Gasteiger partial charge in [-0.25, -0.2) is 4.39 Å². The maximum atomic E-state index is 13.4. The number of hydrogen-bond donors (Lipinski definition) is 2. The molecule has 0 radical (unpaired) electrons. The summed E-state index contributed by atoms with van der Waals surface area (Å²) >= 11 is 0. The summed E-state index contributed by atoms with van der Waals surface area (Å²) in [5, 5.41) is 0. The molecule has 0 saturated carbocycles. The highest BCUT2D eigenvalue weighted by Gasteiger charge is 2.10. The van der Waals surface area contributed by atoms with E-state index >= 15 is 0 Å². The predicted molar refractivity (Wildman–Crippen MR) is 56.4 cm³/mol. The molecule has 0 aliphatic carbocycles. The molecule has 1 aromatic rings. The number of benzene rings is 1. The van der Waals surface area contributed by atoms with E-state index in [1.165, 1.54) is 6.07 Å². The van der Waals surface area contributed by atoms with Crippen LogP contribution in [0.15, 0.2) is 18.2 Å². The van der Waals surface area contributed by atoms with Gasteiger partial charge in [0, 0.05) is 11.6 Å². The summed E-state index contributed by atoms with van der Waals surface area (Å²) < 4.78 is 13.4. The fourth-order valence-corrected chi connectivity index (χ4v) is 1.43. The van der Waals surface area contributed by atoms with Gasteiger partial charge in [0.25, 0.3) is 0 Å². The fraction of sp³-hybridized carbons (Fsp3) is 0.455. The topological polar surface area (TPSA) is 52.0 Å². The van der Waals surface area contributed by atoms with E-state index in [1.54, 1.807) is 6.07 Å². The molecule has 0 aromatic heterocycles. The molecule has 0 bridgehead atoms. The molecule has 14 heavy (non-hydrogen) atoms. The zero-order valence-corrected chi connectivity index (χ0v) is 8.46.